The molecule has 1 unspecified atom stereocenters. The zero-order chi connectivity index (χ0) is 12.1. The Bertz CT molecular complexity index is 216. The Balaban J connectivity index is 1.76. The number of nitrogens with zero attached hydrogens (tertiary/aromatic N) is 1. The molecule has 2 aliphatic rings. The molecule has 0 bridgehead atoms. The van der Waals surface area contributed by atoms with E-state index in [-0.39, 0.29) is 0 Å². The van der Waals surface area contributed by atoms with Crippen LogP contribution in [0.5, 0.6) is 0 Å². The van der Waals surface area contributed by atoms with Crippen molar-refractivity contribution in [2.24, 2.45) is 0 Å². The summed E-state index contributed by atoms with van der Waals surface area (Å²) in [6.07, 6.45) is 6.97. The van der Waals surface area contributed by atoms with Gasteiger partial charge >= 0.3 is 0 Å². The van der Waals surface area contributed by atoms with Gasteiger partial charge in [-0.25, -0.2) is 0 Å². The lowest BCUT2D eigenvalue weighted by Gasteiger charge is -2.43. The van der Waals surface area contributed by atoms with Crippen molar-refractivity contribution in [3.8, 4) is 0 Å². The van der Waals surface area contributed by atoms with E-state index in [1.807, 2.05) is 0 Å². The largest absolute Gasteiger partial charge is 0.378 e. The van der Waals surface area contributed by atoms with Crippen molar-refractivity contribution in [2.45, 2.75) is 64.1 Å². The second kappa shape index (κ2) is 6.72. The van der Waals surface area contributed by atoms with Crippen molar-refractivity contribution < 1.29 is 4.74 Å². The van der Waals surface area contributed by atoms with Crippen LogP contribution in [0.25, 0.3) is 0 Å². The molecule has 1 N–H and O–H groups in total. The Kier molecular flexibility index (Phi) is 5.26. The van der Waals surface area contributed by atoms with Crippen LogP contribution in [0.1, 0.15) is 46.0 Å². The quantitative estimate of drug-likeness (QED) is 0.795. The molecule has 0 radical (unpaired) electrons. The highest BCUT2D eigenvalue weighted by Crippen LogP contribution is 2.29. The van der Waals surface area contributed by atoms with Crippen LogP contribution in [-0.4, -0.2) is 49.3 Å². The Morgan fingerprint density at radius 2 is 2.12 bits per heavy atom. The average Bonchev–Trinajstić information content (AvgIpc) is 2.49. The highest BCUT2D eigenvalue weighted by Gasteiger charge is 2.35. The predicted molar refractivity (Wildman–Crippen MR) is 71.3 cm³/mol. The smallest absolute Gasteiger partial charge is 0.0604 e. The minimum atomic E-state index is 0.547. The summed E-state index contributed by atoms with van der Waals surface area (Å²) in [6.45, 7) is 8.97. The van der Waals surface area contributed by atoms with Gasteiger partial charge in [0, 0.05) is 25.2 Å². The molecular weight excluding hydrogens is 212 g/mol. The molecule has 1 atom stereocenters. The third kappa shape index (κ3) is 3.67. The van der Waals surface area contributed by atoms with E-state index < -0.39 is 0 Å². The van der Waals surface area contributed by atoms with Gasteiger partial charge in [-0.05, 0) is 45.7 Å². The minimum Gasteiger partial charge on any atom is -0.378 e. The third-order valence-electron chi connectivity index (χ3n) is 4.14. The van der Waals surface area contributed by atoms with Gasteiger partial charge in [-0.3, -0.25) is 4.90 Å². The minimum absolute atomic E-state index is 0.547. The number of hydrogen-bond donors (Lipinski definition) is 1. The summed E-state index contributed by atoms with van der Waals surface area (Å²) in [5, 5.41) is 3.68. The van der Waals surface area contributed by atoms with Gasteiger partial charge in [0.05, 0.1) is 6.10 Å². The van der Waals surface area contributed by atoms with Crippen LogP contribution in [0, 0.1) is 0 Å². The fourth-order valence-corrected chi connectivity index (χ4v) is 3.11. The first kappa shape index (κ1) is 13.3. The molecule has 17 heavy (non-hydrogen) atoms. The second-order valence-corrected chi connectivity index (χ2v) is 5.49. The van der Waals surface area contributed by atoms with E-state index in [2.05, 4.69) is 24.1 Å². The summed E-state index contributed by atoms with van der Waals surface area (Å²) < 4.78 is 5.66. The highest BCUT2D eigenvalue weighted by atomic mass is 16.5. The molecule has 3 nitrogen and oxygen atoms in total. The van der Waals surface area contributed by atoms with Crippen molar-refractivity contribution in [3.63, 3.8) is 0 Å². The molecular formula is C14H28N2O. The zero-order valence-corrected chi connectivity index (χ0v) is 11.5. The maximum atomic E-state index is 5.66. The summed E-state index contributed by atoms with van der Waals surface area (Å²) in [6, 6.07) is 1.51. The van der Waals surface area contributed by atoms with E-state index in [0.717, 1.165) is 12.6 Å². The lowest BCUT2D eigenvalue weighted by Crippen LogP contribution is -2.51. The molecule has 1 aliphatic carbocycles. The van der Waals surface area contributed by atoms with E-state index in [9.17, 15) is 0 Å². The van der Waals surface area contributed by atoms with E-state index in [0.29, 0.717) is 12.1 Å². The number of ether oxygens (including phenoxy) is 1. The first-order chi connectivity index (χ1) is 8.33. The lowest BCUT2D eigenvalue weighted by molar-refractivity contribution is -0.0467. The Morgan fingerprint density at radius 1 is 1.29 bits per heavy atom. The highest BCUT2D eigenvalue weighted by molar-refractivity contribution is 4.91. The molecule has 3 heteroatoms. The molecule has 1 aliphatic heterocycles. The topological polar surface area (TPSA) is 24.5 Å². The number of hydrogen-bond acceptors (Lipinski definition) is 3. The fourth-order valence-electron chi connectivity index (χ4n) is 3.11. The molecule has 1 heterocycles. The SMILES string of the molecule is CCCC1CN(C2CC(OCC)C2)CCCN1. The van der Waals surface area contributed by atoms with Crippen molar-refractivity contribution in [1.82, 2.24) is 10.2 Å². The van der Waals surface area contributed by atoms with Gasteiger partial charge in [-0.2, -0.15) is 0 Å². The van der Waals surface area contributed by atoms with Gasteiger partial charge < -0.3 is 10.1 Å². The van der Waals surface area contributed by atoms with Crippen molar-refractivity contribution in [1.29, 1.82) is 0 Å². The van der Waals surface area contributed by atoms with Crippen LogP contribution in [0.15, 0.2) is 0 Å². The molecule has 0 aromatic carbocycles. The van der Waals surface area contributed by atoms with E-state index in [1.54, 1.807) is 0 Å². The Hall–Kier alpha value is -0.120. The van der Waals surface area contributed by atoms with Crippen LogP contribution >= 0.6 is 0 Å². The van der Waals surface area contributed by atoms with Gasteiger partial charge in [0.1, 0.15) is 0 Å². The summed E-state index contributed by atoms with van der Waals surface area (Å²) in [7, 11) is 0. The van der Waals surface area contributed by atoms with Gasteiger partial charge in [0.25, 0.3) is 0 Å². The van der Waals surface area contributed by atoms with Gasteiger partial charge in [-0.15, -0.1) is 0 Å². The molecule has 2 rings (SSSR count). The predicted octanol–water partition coefficient (Wildman–Crippen LogP) is 2.02. The van der Waals surface area contributed by atoms with Crippen molar-refractivity contribution in [2.75, 3.05) is 26.2 Å². The van der Waals surface area contributed by atoms with Crippen LogP contribution in [-0.2, 0) is 4.74 Å². The van der Waals surface area contributed by atoms with E-state index >= 15 is 0 Å². The standard InChI is InChI=1S/C14H28N2O/c1-3-6-12-11-16(8-5-7-15-12)13-9-14(10-13)17-4-2/h12-15H,3-11H2,1-2H3. The van der Waals surface area contributed by atoms with E-state index in [1.165, 1.54) is 51.7 Å². The number of rotatable bonds is 5. The fraction of sp³-hybridized carbons (Fsp3) is 1.00. The summed E-state index contributed by atoms with van der Waals surface area (Å²) in [4.78, 5) is 2.70. The molecule has 100 valence electrons. The molecule has 0 amide bonds. The monoisotopic (exact) mass is 240 g/mol. The van der Waals surface area contributed by atoms with E-state index in [4.69, 9.17) is 4.74 Å². The second-order valence-electron chi connectivity index (χ2n) is 5.49. The average molecular weight is 240 g/mol. The summed E-state index contributed by atoms with van der Waals surface area (Å²) in [5.41, 5.74) is 0. The van der Waals surface area contributed by atoms with Crippen LogP contribution in [0.3, 0.4) is 0 Å². The van der Waals surface area contributed by atoms with Gasteiger partial charge in [0.15, 0.2) is 0 Å². The van der Waals surface area contributed by atoms with Crippen molar-refractivity contribution in [3.05, 3.63) is 0 Å². The van der Waals surface area contributed by atoms with Crippen molar-refractivity contribution >= 4 is 0 Å². The Labute approximate surface area is 106 Å². The van der Waals surface area contributed by atoms with Crippen LogP contribution in [0.2, 0.25) is 0 Å². The molecule has 2 fully saturated rings. The third-order valence-corrected chi connectivity index (χ3v) is 4.14. The number of nitrogens with one attached hydrogen (secondary N) is 1. The maximum Gasteiger partial charge on any atom is 0.0604 e. The molecule has 0 aromatic heterocycles. The van der Waals surface area contributed by atoms with Crippen LogP contribution in [0.4, 0.5) is 0 Å². The summed E-state index contributed by atoms with van der Waals surface area (Å²) >= 11 is 0. The normalized spacial score (nSPS) is 35.3. The molecule has 1 saturated heterocycles. The lowest BCUT2D eigenvalue weighted by atomic mass is 9.87. The molecule has 0 spiro atoms. The van der Waals surface area contributed by atoms with Crippen LogP contribution < -0.4 is 5.32 Å². The first-order valence-corrected chi connectivity index (χ1v) is 7.42. The first-order valence-electron chi connectivity index (χ1n) is 7.42. The zero-order valence-electron chi connectivity index (χ0n) is 11.5. The van der Waals surface area contributed by atoms with Gasteiger partial charge in [0.2, 0.25) is 0 Å². The van der Waals surface area contributed by atoms with Gasteiger partial charge in [-0.1, -0.05) is 13.3 Å². The Morgan fingerprint density at radius 3 is 2.82 bits per heavy atom. The molecule has 0 aromatic rings. The summed E-state index contributed by atoms with van der Waals surface area (Å²) in [5.74, 6) is 0. The molecule has 1 saturated carbocycles. The maximum absolute atomic E-state index is 5.66.